The number of rotatable bonds is 5. The van der Waals surface area contributed by atoms with E-state index in [9.17, 15) is 4.79 Å². The molecular formula is C13H25NO3S. The second-order valence-electron chi connectivity index (χ2n) is 5.58. The maximum atomic E-state index is 12.0. The van der Waals surface area contributed by atoms with E-state index in [1.54, 1.807) is 11.8 Å². The molecule has 1 amide bonds. The monoisotopic (exact) mass is 275 g/mol. The van der Waals surface area contributed by atoms with Crippen molar-refractivity contribution in [3.63, 3.8) is 0 Å². The third kappa shape index (κ3) is 6.07. The summed E-state index contributed by atoms with van der Waals surface area (Å²) >= 11 is 1.69. The molecule has 0 aromatic rings. The zero-order valence-electron chi connectivity index (χ0n) is 11.6. The third-order valence-corrected chi connectivity index (χ3v) is 4.13. The molecule has 0 unspecified atom stereocenters. The zero-order chi connectivity index (χ0) is 13.6. The topological polar surface area (TPSA) is 49.8 Å². The molecule has 1 N–H and O–H groups in total. The van der Waals surface area contributed by atoms with E-state index in [-0.39, 0.29) is 23.4 Å². The summed E-state index contributed by atoms with van der Waals surface area (Å²) in [6, 6.07) is 0. The van der Waals surface area contributed by atoms with Crippen molar-refractivity contribution in [3.05, 3.63) is 0 Å². The number of hydrogen-bond donors (Lipinski definition) is 1. The molecule has 1 aliphatic rings. The molecular weight excluding hydrogens is 250 g/mol. The molecule has 5 heteroatoms. The highest BCUT2D eigenvalue weighted by molar-refractivity contribution is 8.01. The largest absolute Gasteiger partial charge is 0.394 e. The van der Waals surface area contributed by atoms with Gasteiger partial charge in [-0.25, -0.2) is 0 Å². The van der Waals surface area contributed by atoms with Gasteiger partial charge in [0, 0.05) is 17.8 Å². The van der Waals surface area contributed by atoms with Crippen molar-refractivity contribution in [2.75, 3.05) is 32.1 Å². The van der Waals surface area contributed by atoms with Crippen LogP contribution in [0.25, 0.3) is 0 Å². The molecule has 1 saturated heterocycles. The Labute approximate surface area is 114 Å². The Bertz CT molecular complexity index is 257. The molecule has 0 saturated carbocycles. The molecule has 0 spiro atoms. The molecule has 1 heterocycles. The number of thioether (sulfide) groups is 1. The maximum absolute atomic E-state index is 12.0. The van der Waals surface area contributed by atoms with Crippen molar-refractivity contribution in [2.24, 2.45) is 0 Å². The predicted molar refractivity (Wildman–Crippen MR) is 74.9 cm³/mol. The average molecular weight is 275 g/mol. The summed E-state index contributed by atoms with van der Waals surface area (Å²) in [5.74, 6) is 0.793. The van der Waals surface area contributed by atoms with Gasteiger partial charge < -0.3 is 14.7 Å². The number of carbonyl (C=O) groups excluding carboxylic acids is 1. The predicted octanol–water partition coefficient (Wildman–Crippen LogP) is 1.52. The molecule has 0 atom stereocenters. The van der Waals surface area contributed by atoms with Crippen molar-refractivity contribution < 1.29 is 14.6 Å². The number of aliphatic hydroxyl groups is 1. The minimum atomic E-state index is 0.0708. The number of amides is 1. The van der Waals surface area contributed by atoms with E-state index < -0.39 is 0 Å². The third-order valence-electron chi connectivity index (χ3n) is 2.87. The van der Waals surface area contributed by atoms with Crippen molar-refractivity contribution in [1.82, 2.24) is 4.90 Å². The molecule has 1 aliphatic heterocycles. The summed E-state index contributed by atoms with van der Waals surface area (Å²) in [5.41, 5.74) is 0. The maximum Gasteiger partial charge on any atom is 0.232 e. The first-order chi connectivity index (χ1) is 8.42. The highest BCUT2D eigenvalue weighted by atomic mass is 32.2. The van der Waals surface area contributed by atoms with Gasteiger partial charge in [0.1, 0.15) is 0 Å². The number of carbonyl (C=O) groups is 1. The summed E-state index contributed by atoms with van der Waals surface area (Å²) in [5, 5.41) is 8.69. The molecule has 0 aliphatic carbocycles. The van der Waals surface area contributed by atoms with Gasteiger partial charge in [-0.1, -0.05) is 20.8 Å². The Morgan fingerprint density at radius 1 is 1.39 bits per heavy atom. The number of ether oxygens (including phenoxy) is 1. The fourth-order valence-corrected chi connectivity index (χ4v) is 2.60. The van der Waals surface area contributed by atoms with Gasteiger partial charge in [-0.15, -0.1) is 11.8 Å². The van der Waals surface area contributed by atoms with E-state index in [1.807, 2.05) is 4.90 Å². The normalized spacial score (nSPS) is 18.1. The standard InChI is InChI=1S/C13H25NO3S/c1-13(2,3)18-10-12(16)14-6-4-11(5-7-14)17-9-8-15/h11,15H,4-10H2,1-3H3. The molecule has 0 radical (unpaired) electrons. The van der Waals surface area contributed by atoms with Crippen molar-refractivity contribution in [2.45, 2.75) is 44.5 Å². The van der Waals surface area contributed by atoms with Gasteiger partial charge in [0.05, 0.1) is 25.1 Å². The Hall–Kier alpha value is -0.260. The smallest absolute Gasteiger partial charge is 0.232 e. The number of hydrogen-bond acceptors (Lipinski definition) is 4. The molecule has 1 fully saturated rings. The van der Waals surface area contributed by atoms with E-state index in [4.69, 9.17) is 9.84 Å². The molecule has 4 nitrogen and oxygen atoms in total. The van der Waals surface area contributed by atoms with Crippen LogP contribution in [0, 0.1) is 0 Å². The number of nitrogens with zero attached hydrogens (tertiary/aromatic N) is 1. The van der Waals surface area contributed by atoms with Crippen LogP contribution in [0.4, 0.5) is 0 Å². The Kier molecular flexibility index (Phi) is 6.46. The first-order valence-corrected chi connectivity index (χ1v) is 7.55. The lowest BCUT2D eigenvalue weighted by atomic mass is 10.1. The van der Waals surface area contributed by atoms with Gasteiger partial charge >= 0.3 is 0 Å². The lowest BCUT2D eigenvalue weighted by Gasteiger charge is -2.32. The molecule has 106 valence electrons. The molecule has 0 aromatic carbocycles. The van der Waals surface area contributed by atoms with E-state index in [1.165, 1.54) is 0 Å². The van der Waals surface area contributed by atoms with Crippen LogP contribution in [0.15, 0.2) is 0 Å². The number of aliphatic hydroxyl groups excluding tert-OH is 1. The van der Waals surface area contributed by atoms with Crippen molar-refractivity contribution in [1.29, 1.82) is 0 Å². The van der Waals surface area contributed by atoms with Gasteiger partial charge in [0.25, 0.3) is 0 Å². The van der Waals surface area contributed by atoms with Crippen LogP contribution < -0.4 is 0 Å². The molecule has 0 aromatic heterocycles. The van der Waals surface area contributed by atoms with Gasteiger partial charge in [-0.05, 0) is 12.8 Å². The minimum Gasteiger partial charge on any atom is -0.394 e. The Morgan fingerprint density at radius 3 is 2.50 bits per heavy atom. The molecule has 0 bridgehead atoms. The Balaban J connectivity index is 2.23. The molecule has 1 rings (SSSR count). The van der Waals surface area contributed by atoms with Crippen LogP contribution in [-0.2, 0) is 9.53 Å². The van der Waals surface area contributed by atoms with Gasteiger partial charge in [0.15, 0.2) is 0 Å². The number of piperidine rings is 1. The fraction of sp³-hybridized carbons (Fsp3) is 0.923. The Morgan fingerprint density at radius 2 is 2.00 bits per heavy atom. The summed E-state index contributed by atoms with van der Waals surface area (Å²) in [6.45, 7) is 8.40. The summed E-state index contributed by atoms with van der Waals surface area (Å²) in [4.78, 5) is 13.9. The van der Waals surface area contributed by atoms with Crippen molar-refractivity contribution >= 4 is 17.7 Å². The van der Waals surface area contributed by atoms with Gasteiger partial charge in [-0.3, -0.25) is 4.79 Å². The zero-order valence-corrected chi connectivity index (χ0v) is 12.5. The fourth-order valence-electron chi connectivity index (χ4n) is 1.86. The van der Waals surface area contributed by atoms with Crippen LogP contribution >= 0.6 is 11.8 Å². The van der Waals surface area contributed by atoms with Crippen LogP contribution in [0.1, 0.15) is 33.6 Å². The summed E-state index contributed by atoms with van der Waals surface area (Å²) < 4.78 is 5.62. The van der Waals surface area contributed by atoms with Gasteiger partial charge in [-0.2, -0.15) is 0 Å². The average Bonchev–Trinajstić information content (AvgIpc) is 2.33. The van der Waals surface area contributed by atoms with E-state index in [0.717, 1.165) is 25.9 Å². The lowest BCUT2D eigenvalue weighted by Crippen LogP contribution is -2.42. The van der Waals surface area contributed by atoms with Crippen LogP contribution in [0.5, 0.6) is 0 Å². The van der Waals surface area contributed by atoms with Crippen LogP contribution in [0.3, 0.4) is 0 Å². The van der Waals surface area contributed by atoms with Crippen LogP contribution in [0.2, 0.25) is 0 Å². The highest BCUT2D eigenvalue weighted by Gasteiger charge is 2.24. The second kappa shape index (κ2) is 7.36. The second-order valence-corrected chi connectivity index (χ2v) is 7.38. The number of likely N-dealkylation sites (tertiary alicyclic amines) is 1. The quantitative estimate of drug-likeness (QED) is 0.826. The highest BCUT2D eigenvalue weighted by Crippen LogP contribution is 2.24. The first kappa shape index (κ1) is 15.8. The first-order valence-electron chi connectivity index (χ1n) is 6.56. The molecule has 18 heavy (non-hydrogen) atoms. The minimum absolute atomic E-state index is 0.0708. The SMILES string of the molecule is CC(C)(C)SCC(=O)N1CCC(OCCO)CC1. The van der Waals surface area contributed by atoms with E-state index in [2.05, 4.69) is 20.8 Å². The van der Waals surface area contributed by atoms with E-state index in [0.29, 0.717) is 12.4 Å². The summed E-state index contributed by atoms with van der Waals surface area (Å²) in [6.07, 6.45) is 1.97. The van der Waals surface area contributed by atoms with Crippen molar-refractivity contribution in [3.8, 4) is 0 Å². The lowest BCUT2D eigenvalue weighted by molar-refractivity contribution is -0.131. The van der Waals surface area contributed by atoms with Crippen LogP contribution in [-0.4, -0.2) is 58.8 Å². The summed E-state index contributed by atoms with van der Waals surface area (Å²) in [7, 11) is 0. The van der Waals surface area contributed by atoms with E-state index >= 15 is 0 Å². The van der Waals surface area contributed by atoms with Gasteiger partial charge in [0.2, 0.25) is 5.91 Å².